The molecule has 0 radical (unpaired) electrons. The molecule has 2 aliphatic heterocycles. The molecular weight excluding hydrogens is 398 g/mol. The van der Waals surface area contributed by atoms with Gasteiger partial charge >= 0.3 is 0 Å². The molecule has 3 atom stereocenters. The van der Waals surface area contributed by atoms with Crippen LogP contribution in [0.4, 0.5) is 5.69 Å². The Morgan fingerprint density at radius 3 is 2.88 bits per heavy atom. The van der Waals surface area contributed by atoms with E-state index < -0.39 is 0 Å². The van der Waals surface area contributed by atoms with E-state index in [1.54, 1.807) is 6.20 Å². The number of fused-ring (bicyclic) bond motifs is 3. The van der Waals surface area contributed by atoms with Gasteiger partial charge in [-0.25, -0.2) is 0 Å². The number of ketones is 1. The second kappa shape index (κ2) is 8.53. The minimum absolute atomic E-state index is 0.0278. The Morgan fingerprint density at radius 2 is 2.06 bits per heavy atom. The molecule has 1 aliphatic carbocycles. The van der Waals surface area contributed by atoms with Crippen LogP contribution in [0.5, 0.6) is 0 Å². The van der Waals surface area contributed by atoms with Crippen molar-refractivity contribution in [3.8, 4) is 0 Å². The smallest absolute Gasteiger partial charge is 0.233 e. The summed E-state index contributed by atoms with van der Waals surface area (Å²) in [6.07, 6.45) is 9.24. The van der Waals surface area contributed by atoms with Gasteiger partial charge in [-0.05, 0) is 56.2 Å². The van der Waals surface area contributed by atoms with Crippen LogP contribution in [0.2, 0.25) is 0 Å². The van der Waals surface area contributed by atoms with E-state index in [2.05, 4.69) is 51.6 Å². The highest BCUT2D eigenvalue weighted by atomic mass is 16.2. The van der Waals surface area contributed by atoms with Crippen LogP contribution in [-0.2, 0) is 16.0 Å². The lowest BCUT2D eigenvalue weighted by atomic mass is 9.60. The van der Waals surface area contributed by atoms with Gasteiger partial charge in [0.15, 0.2) is 0 Å². The van der Waals surface area contributed by atoms with E-state index in [0.717, 1.165) is 50.2 Å². The van der Waals surface area contributed by atoms with E-state index in [1.807, 2.05) is 19.1 Å². The van der Waals surface area contributed by atoms with Gasteiger partial charge in [-0.3, -0.25) is 14.6 Å². The average molecular weight is 430 g/mol. The number of allylic oxidation sites excluding steroid dienone is 1. The molecule has 32 heavy (non-hydrogen) atoms. The molecule has 5 rings (SSSR count). The number of hydrogen-bond donors (Lipinski definition) is 1. The normalized spacial score (nSPS) is 27.2. The van der Waals surface area contributed by atoms with Crippen LogP contribution in [0, 0.1) is 24.2 Å². The molecule has 2 fully saturated rings. The van der Waals surface area contributed by atoms with Gasteiger partial charge in [-0.1, -0.05) is 36.4 Å². The molecule has 1 saturated heterocycles. The molecule has 2 aromatic rings. The highest BCUT2D eigenvalue weighted by molar-refractivity contribution is 5.94. The third kappa shape index (κ3) is 3.85. The molecule has 1 N–H and O–H groups in total. The molecule has 3 aliphatic rings. The predicted octanol–water partition coefficient (Wildman–Crippen LogP) is 4.54. The Bertz CT molecular complexity index is 1050. The van der Waals surface area contributed by atoms with Crippen LogP contribution < -0.4 is 5.32 Å². The second-order valence-corrected chi connectivity index (χ2v) is 9.63. The maximum Gasteiger partial charge on any atom is 0.233 e. The van der Waals surface area contributed by atoms with Crippen molar-refractivity contribution in [3.05, 3.63) is 71.7 Å². The molecule has 1 aromatic heterocycles. The molecule has 5 nitrogen and oxygen atoms in total. The number of benzene rings is 1. The number of nitrogens with zero attached hydrogens (tertiary/aromatic N) is 2. The number of aryl methyl sites for hydroxylation is 1. The SMILES string of the molecule is Cc1ncccc1NC(=O)C1C=C2N(CCC[C@H]3CC(=O)CC[C@@]23Cc2ccccc2)C1. The topological polar surface area (TPSA) is 62.3 Å². The first-order chi connectivity index (χ1) is 15.5. The molecule has 3 heterocycles. The van der Waals surface area contributed by atoms with Crippen molar-refractivity contribution in [2.24, 2.45) is 17.3 Å². The molecule has 1 amide bonds. The van der Waals surface area contributed by atoms with Gasteiger partial charge in [0.2, 0.25) is 5.91 Å². The summed E-state index contributed by atoms with van der Waals surface area (Å²) in [5, 5.41) is 3.09. The first-order valence-electron chi connectivity index (χ1n) is 11.8. The zero-order chi connectivity index (χ0) is 22.1. The minimum atomic E-state index is -0.186. The summed E-state index contributed by atoms with van der Waals surface area (Å²) in [4.78, 5) is 32.4. The first-order valence-corrected chi connectivity index (χ1v) is 11.8. The van der Waals surface area contributed by atoms with Crippen LogP contribution in [-0.4, -0.2) is 34.7 Å². The van der Waals surface area contributed by atoms with Crippen LogP contribution in [0.1, 0.15) is 43.4 Å². The number of amides is 1. The number of hydrogen-bond acceptors (Lipinski definition) is 4. The maximum atomic E-state index is 13.2. The van der Waals surface area contributed by atoms with Crippen LogP contribution in [0.15, 0.2) is 60.4 Å². The quantitative estimate of drug-likeness (QED) is 0.775. The highest BCUT2D eigenvalue weighted by Gasteiger charge is 2.50. The van der Waals surface area contributed by atoms with Crippen molar-refractivity contribution >= 4 is 17.4 Å². The summed E-state index contributed by atoms with van der Waals surface area (Å²) >= 11 is 0. The van der Waals surface area contributed by atoms with Crippen molar-refractivity contribution in [1.82, 2.24) is 9.88 Å². The Labute approximate surface area is 189 Å². The maximum absolute atomic E-state index is 13.2. The standard InChI is InChI=1S/C27H31N3O2/c1-19-24(10-5-13-28-19)29-26(32)21-15-25-27(17-20-7-3-2-4-8-20)12-11-23(31)16-22(27)9-6-14-30(25)18-21/h2-5,7-8,10,13,15,21-22H,6,9,11-12,14,16-18H2,1H3,(H,29,32)/t21?,22-,27-/m0/s1. The van der Waals surface area contributed by atoms with Crippen molar-refractivity contribution in [2.75, 3.05) is 18.4 Å². The van der Waals surface area contributed by atoms with Crippen molar-refractivity contribution < 1.29 is 9.59 Å². The van der Waals surface area contributed by atoms with E-state index in [0.29, 0.717) is 24.5 Å². The zero-order valence-corrected chi connectivity index (χ0v) is 18.7. The van der Waals surface area contributed by atoms with Gasteiger partial charge in [-0.2, -0.15) is 0 Å². The monoisotopic (exact) mass is 429 g/mol. The van der Waals surface area contributed by atoms with E-state index in [-0.39, 0.29) is 17.2 Å². The molecule has 1 aromatic carbocycles. The number of Topliss-reactive ketones (excluding diaryl/α,β-unsaturated/α-hetero) is 1. The van der Waals surface area contributed by atoms with E-state index in [1.165, 1.54) is 11.3 Å². The summed E-state index contributed by atoms with van der Waals surface area (Å²) in [6, 6.07) is 14.4. The zero-order valence-electron chi connectivity index (χ0n) is 18.7. The highest BCUT2D eigenvalue weighted by Crippen LogP contribution is 2.54. The van der Waals surface area contributed by atoms with Gasteiger partial charge in [0.25, 0.3) is 0 Å². The molecule has 1 unspecified atom stereocenters. The number of carbonyl (C=O) groups excluding carboxylic acids is 2. The molecular formula is C27H31N3O2. The fraction of sp³-hybridized carbons (Fsp3) is 0.444. The Kier molecular flexibility index (Phi) is 5.58. The minimum Gasteiger partial charge on any atom is -0.373 e. The van der Waals surface area contributed by atoms with Gasteiger partial charge in [-0.15, -0.1) is 0 Å². The fourth-order valence-electron chi connectivity index (χ4n) is 6.04. The van der Waals surface area contributed by atoms with Crippen molar-refractivity contribution in [1.29, 1.82) is 0 Å². The lowest BCUT2D eigenvalue weighted by Gasteiger charge is -2.46. The number of nitrogens with one attached hydrogen (secondary N) is 1. The summed E-state index contributed by atoms with van der Waals surface area (Å²) in [5.41, 5.74) is 4.16. The summed E-state index contributed by atoms with van der Waals surface area (Å²) in [6.45, 7) is 3.59. The van der Waals surface area contributed by atoms with Gasteiger partial charge in [0.05, 0.1) is 17.3 Å². The Hall–Kier alpha value is -2.95. The number of carbonyl (C=O) groups is 2. The third-order valence-corrected chi connectivity index (χ3v) is 7.68. The summed E-state index contributed by atoms with van der Waals surface area (Å²) in [5.74, 6) is 0.586. The largest absolute Gasteiger partial charge is 0.373 e. The third-order valence-electron chi connectivity index (χ3n) is 7.68. The second-order valence-electron chi connectivity index (χ2n) is 9.63. The van der Waals surface area contributed by atoms with E-state index >= 15 is 0 Å². The van der Waals surface area contributed by atoms with Crippen LogP contribution in [0.3, 0.4) is 0 Å². The van der Waals surface area contributed by atoms with Crippen LogP contribution >= 0.6 is 0 Å². The summed E-state index contributed by atoms with van der Waals surface area (Å²) < 4.78 is 0. The fourth-order valence-corrected chi connectivity index (χ4v) is 6.04. The lowest BCUT2D eigenvalue weighted by molar-refractivity contribution is -0.124. The molecule has 1 saturated carbocycles. The van der Waals surface area contributed by atoms with E-state index in [4.69, 9.17) is 0 Å². The number of aromatic nitrogens is 1. The Balaban J connectivity index is 1.48. The predicted molar refractivity (Wildman–Crippen MR) is 125 cm³/mol. The van der Waals surface area contributed by atoms with Crippen molar-refractivity contribution in [2.45, 2.75) is 45.4 Å². The lowest BCUT2D eigenvalue weighted by Crippen LogP contribution is -2.42. The molecule has 0 spiro atoms. The van der Waals surface area contributed by atoms with Gasteiger partial charge in [0.1, 0.15) is 5.78 Å². The number of rotatable bonds is 4. The first kappa shape index (κ1) is 20.9. The number of anilines is 1. The average Bonchev–Trinajstić information content (AvgIpc) is 3.17. The van der Waals surface area contributed by atoms with Crippen molar-refractivity contribution in [3.63, 3.8) is 0 Å². The van der Waals surface area contributed by atoms with Gasteiger partial charge < -0.3 is 10.2 Å². The Morgan fingerprint density at radius 1 is 1.22 bits per heavy atom. The summed E-state index contributed by atoms with van der Waals surface area (Å²) in [7, 11) is 0. The molecule has 5 heteroatoms. The van der Waals surface area contributed by atoms with E-state index in [9.17, 15) is 9.59 Å². The molecule has 0 bridgehead atoms. The molecule has 166 valence electrons. The van der Waals surface area contributed by atoms with Crippen LogP contribution in [0.25, 0.3) is 0 Å². The number of pyridine rings is 1. The van der Waals surface area contributed by atoms with Gasteiger partial charge in [0, 0.05) is 43.2 Å².